The Morgan fingerprint density at radius 1 is 1.16 bits per heavy atom. The number of anilines is 1. The molecule has 1 aromatic heterocycles. The fourth-order valence-electron chi connectivity index (χ4n) is 4.48. The van der Waals surface area contributed by atoms with Crippen LogP contribution in [0, 0.1) is 11.7 Å². The Kier molecular flexibility index (Phi) is 7.23. The molecule has 1 amide bonds. The Balaban J connectivity index is 1.32. The maximum atomic E-state index is 13.1. The SMILES string of the molecule is COC(=O)c1c(NC(=O)CN2CCN(Cc3ccc(F)cc3)CC2)sc2c1CCC(C)C2. The van der Waals surface area contributed by atoms with Crippen LogP contribution in [0.1, 0.15) is 39.7 Å². The quantitative estimate of drug-likeness (QED) is 0.670. The lowest BCUT2D eigenvalue weighted by atomic mass is 9.88. The highest BCUT2D eigenvalue weighted by molar-refractivity contribution is 7.17. The van der Waals surface area contributed by atoms with Crippen molar-refractivity contribution in [2.45, 2.75) is 32.7 Å². The first-order chi connectivity index (χ1) is 15.4. The van der Waals surface area contributed by atoms with E-state index in [2.05, 4.69) is 22.0 Å². The van der Waals surface area contributed by atoms with Gasteiger partial charge in [-0.15, -0.1) is 11.3 Å². The summed E-state index contributed by atoms with van der Waals surface area (Å²) in [5, 5.41) is 3.61. The highest BCUT2D eigenvalue weighted by Crippen LogP contribution is 2.40. The number of amides is 1. The number of carbonyl (C=O) groups is 2. The summed E-state index contributed by atoms with van der Waals surface area (Å²) in [5.41, 5.74) is 2.67. The number of hydrogen-bond donors (Lipinski definition) is 1. The molecule has 2 aromatic rings. The summed E-state index contributed by atoms with van der Waals surface area (Å²) in [6.07, 6.45) is 2.84. The molecular formula is C24H30FN3O3S. The Hall–Kier alpha value is -2.29. The fraction of sp³-hybridized carbons (Fsp3) is 0.500. The number of nitrogens with one attached hydrogen (secondary N) is 1. The van der Waals surface area contributed by atoms with Gasteiger partial charge in [-0.3, -0.25) is 14.6 Å². The van der Waals surface area contributed by atoms with Gasteiger partial charge in [0.15, 0.2) is 0 Å². The molecule has 2 heterocycles. The third-order valence-electron chi connectivity index (χ3n) is 6.31. The van der Waals surface area contributed by atoms with Crippen molar-refractivity contribution in [2.24, 2.45) is 5.92 Å². The smallest absolute Gasteiger partial charge is 0.341 e. The third kappa shape index (κ3) is 5.36. The predicted molar refractivity (Wildman–Crippen MR) is 124 cm³/mol. The van der Waals surface area contributed by atoms with E-state index in [4.69, 9.17) is 4.74 Å². The molecule has 0 spiro atoms. The summed E-state index contributed by atoms with van der Waals surface area (Å²) in [6, 6.07) is 6.61. The summed E-state index contributed by atoms with van der Waals surface area (Å²) in [7, 11) is 1.38. The standard InChI is InChI=1S/C24H30FN3O3S/c1-16-3-8-19-20(13-16)32-23(22(19)24(30)31-2)26-21(29)15-28-11-9-27(10-12-28)14-17-4-6-18(25)7-5-17/h4-7,16H,3,8-15H2,1-2H3,(H,26,29). The first kappa shape index (κ1) is 22.9. The molecule has 1 aliphatic heterocycles. The molecule has 1 saturated heterocycles. The molecule has 172 valence electrons. The van der Waals surface area contributed by atoms with E-state index >= 15 is 0 Å². The van der Waals surface area contributed by atoms with Crippen molar-refractivity contribution >= 4 is 28.2 Å². The molecule has 1 N–H and O–H groups in total. The maximum Gasteiger partial charge on any atom is 0.341 e. The molecule has 8 heteroatoms. The number of ether oxygens (including phenoxy) is 1. The lowest BCUT2D eigenvalue weighted by Crippen LogP contribution is -2.48. The van der Waals surface area contributed by atoms with Gasteiger partial charge in [-0.25, -0.2) is 9.18 Å². The number of thiophene rings is 1. The van der Waals surface area contributed by atoms with Crippen LogP contribution in [-0.2, 0) is 28.9 Å². The van der Waals surface area contributed by atoms with Crippen LogP contribution in [0.4, 0.5) is 9.39 Å². The van der Waals surface area contributed by atoms with E-state index in [0.717, 1.165) is 63.1 Å². The minimum atomic E-state index is -0.373. The van der Waals surface area contributed by atoms with Crippen LogP contribution >= 0.6 is 11.3 Å². The third-order valence-corrected chi connectivity index (χ3v) is 7.48. The van der Waals surface area contributed by atoms with Crippen LogP contribution in [-0.4, -0.2) is 61.5 Å². The molecule has 0 radical (unpaired) electrons. The number of rotatable bonds is 6. The molecular weight excluding hydrogens is 429 g/mol. The molecule has 1 unspecified atom stereocenters. The second-order valence-corrected chi connectivity index (χ2v) is 9.88. The molecule has 4 rings (SSSR count). The van der Waals surface area contributed by atoms with Gasteiger partial charge in [0.1, 0.15) is 10.8 Å². The van der Waals surface area contributed by atoms with Gasteiger partial charge in [0.2, 0.25) is 5.91 Å². The number of halogens is 1. The van der Waals surface area contributed by atoms with Gasteiger partial charge in [0.05, 0.1) is 19.2 Å². The number of fused-ring (bicyclic) bond motifs is 1. The lowest BCUT2D eigenvalue weighted by molar-refractivity contribution is -0.117. The second kappa shape index (κ2) is 10.1. The van der Waals surface area contributed by atoms with Crippen LogP contribution < -0.4 is 5.32 Å². The predicted octanol–water partition coefficient (Wildman–Crippen LogP) is 3.55. The number of benzene rings is 1. The van der Waals surface area contributed by atoms with Crippen molar-refractivity contribution in [3.05, 3.63) is 51.7 Å². The topological polar surface area (TPSA) is 61.9 Å². The molecule has 32 heavy (non-hydrogen) atoms. The van der Waals surface area contributed by atoms with Crippen molar-refractivity contribution in [1.29, 1.82) is 0 Å². The van der Waals surface area contributed by atoms with Crippen molar-refractivity contribution in [2.75, 3.05) is 45.2 Å². The Labute approximate surface area is 192 Å². The fourth-order valence-corrected chi connectivity index (χ4v) is 5.89. The lowest BCUT2D eigenvalue weighted by Gasteiger charge is -2.34. The molecule has 1 atom stereocenters. The first-order valence-corrected chi connectivity index (χ1v) is 12.0. The van der Waals surface area contributed by atoms with E-state index in [-0.39, 0.29) is 17.7 Å². The number of carbonyl (C=O) groups excluding carboxylic acids is 2. The van der Waals surface area contributed by atoms with Gasteiger partial charge in [0.25, 0.3) is 0 Å². The van der Waals surface area contributed by atoms with E-state index < -0.39 is 0 Å². The summed E-state index contributed by atoms with van der Waals surface area (Å²) in [4.78, 5) is 30.8. The van der Waals surface area contributed by atoms with Crippen LogP contribution in [0.5, 0.6) is 0 Å². The van der Waals surface area contributed by atoms with Gasteiger partial charge >= 0.3 is 5.97 Å². The molecule has 2 aliphatic rings. The van der Waals surface area contributed by atoms with Crippen molar-refractivity contribution < 1.29 is 18.7 Å². The van der Waals surface area contributed by atoms with Gasteiger partial charge < -0.3 is 10.1 Å². The zero-order valence-corrected chi connectivity index (χ0v) is 19.5. The molecule has 1 aromatic carbocycles. The molecule has 1 aliphatic carbocycles. The van der Waals surface area contributed by atoms with Crippen LogP contribution in [0.3, 0.4) is 0 Å². The number of methoxy groups -OCH3 is 1. The number of piperazine rings is 1. The summed E-state index contributed by atoms with van der Waals surface area (Å²) in [6.45, 7) is 6.57. The summed E-state index contributed by atoms with van der Waals surface area (Å²) >= 11 is 1.52. The minimum Gasteiger partial charge on any atom is -0.465 e. The van der Waals surface area contributed by atoms with Crippen molar-refractivity contribution in [1.82, 2.24) is 9.80 Å². The largest absolute Gasteiger partial charge is 0.465 e. The number of esters is 1. The van der Waals surface area contributed by atoms with Crippen LogP contribution in [0.25, 0.3) is 0 Å². The van der Waals surface area contributed by atoms with E-state index in [1.807, 2.05) is 12.1 Å². The molecule has 0 bridgehead atoms. The average Bonchev–Trinajstić information content (AvgIpc) is 3.12. The minimum absolute atomic E-state index is 0.103. The zero-order valence-electron chi connectivity index (χ0n) is 18.7. The first-order valence-electron chi connectivity index (χ1n) is 11.1. The van der Waals surface area contributed by atoms with E-state index in [1.54, 1.807) is 0 Å². The van der Waals surface area contributed by atoms with Crippen LogP contribution in [0.15, 0.2) is 24.3 Å². The molecule has 1 fully saturated rings. The highest BCUT2D eigenvalue weighted by atomic mass is 32.1. The van der Waals surface area contributed by atoms with E-state index in [1.165, 1.54) is 35.5 Å². The Morgan fingerprint density at radius 2 is 1.84 bits per heavy atom. The molecule has 0 saturated carbocycles. The van der Waals surface area contributed by atoms with E-state index in [9.17, 15) is 14.0 Å². The van der Waals surface area contributed by atoms with Gasteiger partial charge in [-0.2, -0.15) is 0 Å². The average molecular weight is 460 g/mol. The summed E-state index contributed by atoms with van der Waals surface area (Å²) < 4.78 is 18.1. The van der Waals surface area contributed by atoms with Crippen molar-refractivity contribution in [3.63, 3.8) is 0 Å². The van der Waals surface area contributed by atoms with Crippen molar-refractivity contribution in [3.8, 4) is 0 Å². The van der Waals surface area contributed by atoms with Gasteiger partial charge in [-0.1, -0.05) is 19.1 Å². The number of nitrogens with zero attached hydrogens (tertiary/aromatic N) is 2. The van der Waals surface area contributed by atoms with E-state index in [0.29, 0.717) is 23.0 Å². The monoisotopic (exact) mass is 459 g/mol. The Bertz CT molecular complexity index is 968. The van der Waals surface area contributed by atoms with Gasteiger partial charge in [0, 0.05) is 37.6 Å². The summed E-state index contributed by atoms with van der Waals surface area (Å²) in [5.74, 6) is -0.113. The second-order valence-electron chi connectivity index (χ2n) is 8.77. The molecule has 6 nitrogen and oxygen atoms in total. The zero-order chi connectivity index (χ0) is 22.7. The normalized spacial score (nSPS) is 19.4. The Morgan fingerprint density at radius 3 is 2.53 bits per heavy atom. The van der Waals surface area contributed by atoms with Gasteiger partial charge in [-0.05, 0) is 48.4 Å². The maximum absolute atomic E-state index is 13.1. The highest BCUT2D eigenvalue weighted by Gasteiger charge is 2.29. The van der Waals surface area contributed by atoms with Crippen LogP contribution in [0.2, 0.25) is 0 Å². The number of hydrogen-bond acceptors (Lipinski definition) is 6.